The van der Waals surface area contributed by atoms with Gasteiger partial charge in [0.15, 0.2) is 11.4 Å². The van der Waals surface area contributed by atoms with Gasteiger partial charge in [0.2, 0.25) is 0 Å². The SMILES string of the molecule is O=C(O)c1c(Oc2ccccc2)cnn1Cc1cccs1. The van der Waals surface area contributed by atoms with Crippen molar-refractivity contribution < 1.29 is 14.6 Å². The van der Waals surface area contributed by atoms with Crippen LogP contribution in [0.4, 0.5) is 0 Å². The van der Waals surface area contributed by atoms with Gasteiger partial charge in [-0.1, -0.05) is 24.3 Å². The number of aromatic nitrogens is 2. The molecule has 106 valence electrons. The van der Waals surface area contributed by atoms with E-state index >= 15 is 0 Å². The lowest BCUT2D eigenvalue weighted by molar-refractivity contribution is 0.0681. The van der Waals surface area contributed by atoms with Crippen LogP contribution in [-0.2, 0) is 6.54 Å². The number of ether oxygens (including phenoxy) is 1. The second-order valence-corrected chi connectivity index (χ2v) is 5.35. The van der Waals surface area contributed by atoms with Crippen LogP contribution in [0.1, 0.15) is 15.4 Å². The third-order valence-corrected chi connectivity index (χ3v) is 3.73. The van der Waals surface area contributed by atoms with Gasteiger partial charge in [-0.25, -0.2) is 9.48 Å². The van der Waals surface area contributed by atoms with Gasteiger partial charge in [-0.15, -0.1) is 11.3 Å². The molecule has 6 heteroatoms. The average Bonchev–Trinajstić information content (AvgIpc) is 3.11. The van der Waals surface area contributed by atoms with E-state index in [1.807, 2.05) is 35.7 Å². The number of nitrogens with zero attached hydrogens (tertiary/aromatic N) is 2. The fraction of sp³-hybridized carbons (Fsp3) is 0.0667. The predicted octanol–water partition coefficient (Wildman–Crippen LogP) is 3.48. The number of hydrogen-bond donors (Lipinski definition) is 1. The number of para-hydroxylation sites is 1. The van der Waals surface area contributed by atoms with Gasteiger partial charge < -0.3 is 9.84 Å². The Hall–Kier alpha value is -2.60. The maximum absolute atomic E-state index is 11.5. The summed E-state index contributed by atoms with van der Waals surface area (Å²) in [6.07, 6.45) is 1.43. The second-order valence-electron chi connectivity index (χ2n) is 4.31. The highest BCUT2D eigenvalue weighted by molar-refractivity contribution is 7.09. The van der Waals surface area contributed by atoms with Crippen LogP contribution in [0.2, 0.25) is 0 Å². The van der Waals surface area contributed by atoms with E-state index in [1.165, 1.54) is 10.9 Å². The number of thiophene rings is 1. The van der Waals surface area contributed by atoms with Crippen LogP contribution < -0.4 is 4.74 Å². The minimum atomic E-state index is -1.06. The molecule has 21 heavy (non-hydrogen) atoms. The highest BCUT2D eigenvalue weighted by Crippen LogP contribution is 2.26. The van der Waals surface area contributed by atoms with Gasteiger partial charge in [-0.05, 0) is 23.6 Å². The van der Waals surface area contributed by atoms with E-state index in [1.54, 1.807) is 23.5 Å². The summed E-state index contributed by atoms with van der Waals surface area (Å²) in [5.74, 6) is -0.240. The van der Waals surface area contributed by atoms with E-state index in [0.717, 1.165) is 4.88 Å². The Morgan fingerprint density at radius 3 is 2.71 bits per heavy atom. The summed E-state index contributed by atoms with van der Waals surface area (Å²) in [5.41, 5.74) is 0.0484. The Balaban J connectivity index is 1.91. The van der Waals surface area contributed by atoms with Crippen molar-refractivity contribution in [1.29, 1.82) is 0 Å². The van der Waals surface area contributed by atoms with Crippen molar-refractivity contribution in [2.75, 3.05) is 0 Å². The number of rotatable bonds is 5. The number of hydrogen-bond acceptors (Lipinski definition) is 4. The van der Waals surface area contributed by atoms with Crippen molar-refractivity contribution >= 4 is 17.3 Å². The molecule has 0 unspecified atom stereocenters. The molecule has 0 saturated heterocycles. The largest absolute Gasteiger partial charge is 0.476 e. The van der Waals surface area contributed by atoms with Gasteiger partial charge in [0.1, 0.15) is 5.75 Å². The lowest BCUT2D eigenvalue weighted by atomic mass is 10.3. The van der Waals surface area contributed by atoms with E-state index in [-0.39, 0.29) is 11.4 Å². The molecule has 1 aromatic carbocycles. The maximum Gasteiger partial charge on any atom is 0.358 e. The maximum atomic E-state index is 11.5. The third kappa shape index (κ3) is 2.95. The molecule has 0 saturated carbocycles. The summed E-state index contributed by atoms with van der Waals surface area (Å²) < 4.78 is 7.05. The Kier molecular flexibility index (Phi) is 3.70. The summed E-state index contributed by atoms with van der Waals surface area (Å²) in [7, 11) is 0. The van der Waals surface area contributed by atoms with E-state index in [2.05, 4.69) is 5.10 Å². The molecule has 2 heterocycles. The molecule has 0 amide bonds. The highest BCUT2D eigenvalue weighted by Gasteiger charge is 2.20. The molecule has 0 bridgehead atoms. The predicted molar refractivity (Wildman–Crippen MR) is 79.1 cm³/mol. The molecular weight excluding hydrogens is 288 g/mol. The highest BCUT2D eigenvalue weighted by atomic mass is 32.1. The summed E-state index contributed by atoms with van der Waals surface area (Å²) in [4.78, 5) is 12.5. The fourth-order valence-electron chi connectivity index (χ4n) is 1.94. The van der Waals surface area contributed by atoms with Crippen LogP contribution in [0.5, 0.6) is 11.5 Å². The third-order valence-electron chi connectivity index (χ3n) is 2.87. The zero-order valence-corrected chi connectivity index (χ0v) is 11.8. The van der Waals surface area contributed by atoms with Crippen molar-refractivity contribution in [2.45, 2.75) is 6.54 Å². The molecule has 1 N–H and O–H groups in total. The van der Waals surface area contributed by atoms with Crippen LogP contribution >= 0.6 is 11.3 Å². The second kappa shape index (κ2) is 5.80. The number of benzene rings is 1. The van der Waals surface area contributed by atoms with Crippen molar-refractivity contribution in [1.82, 2.24) is 9.78 Å². The Labute approximate surface area is 125 Å². The van der Waals surface area contributed by atoms with E-state index in [9.17, 15) is 9.90 Å². The molecule has 0 atom stereocenters. The Morgan fingerprint density at radius 1 is 1.24 bits per heavy atom. The van der Waals surface area contributed by atoms with Crippen molar-refractivity contribution in [3.63, 3.8) is 0 Å². The molecule has 0 aliphatic heterocycles. The molecule has 3 aromatic rings. The molecule has 0 radical (unpaired) electrons. The zero-order chi connectivity index (χ0) is 14.7. The molecule has 2 aromatic heterocycles. The zero-order valence-electron chi connectivity index (χ0n) is 11.0. The molecule has 0 aliphatic carbocycles. The normalized spacial score (nSPS) is 10.5. The molecule has 3 rings (SSSR count). The summed E-state index contributed by atoms with van der Waals surface area (Å²) in [5, 5.41) is 15.5. The first-order valence-electron chi connectivity index (χ1n) is 6.28. The number of carbonyl (C=O) groups is 1. The van der Waals surface area contributed by atoms with E-state index in [0.29, 0.717) is 12.3 Å². The van der Waals surface area contributed by atoms with Gasteiger partial charge in [0, 0.05) is 4.88 Å². The van der Waals surface area contributed by atoms with Gasteiger partial charge in [0.05, 0.1) is 12.7 Å². The summed E-state index contributed by atoms with van der Waals surface area (Å²) in [6, 6.07) is 12.9. The molecule has 0 aliphatic rings. The number of carboxylic acids is 1. The minimum absolute atomic E-state index is 0.0484. The van der Waals surface area contributed by atoms with Gasteiger partial charge >= 0.3 is 5.97 Å². The van der Waals surface area contributed by atoms with Crippen molar-refractivity contribution in [2.24, 2.45) is 0 Å². The van der Waals surface area contributed by atoms with Gasteiger partial charge in [-0.2, -0.15) is 5.10 Å². The van der Waals surface area contributed by atoms with Crippen molar-refractivity contribution in [3.05, 3.63) is 64.6 Å². The topological polar surface area (TPSA) is 64.3 Å². The first-order chi connectivity index (χ1) is 10.2. The smallest absolute Gasteiger partial charge is 0.358 e. The monoisotopic (exact) mass is 300 g/mol. The number of aromatic carboxylic acids is 1. The summed E-state index contributed by atoms with van der Waals surface area (Å²) in [6.45, 7) is 0.414. The van der Waals surface area contributed by atoms with Gasteiger partial charge in [-0.3, -0.25) is 0 Å². The minimum Gasteiger partial charge on any atom is -0.476 e. The quantitative estimate of drug-likeness (QED) is 0.783. The fourth-order valence-corrected chi connectivity index (χ4v) is 2.63. The van der Waals surface area contributed by atoms with Gasteiger partial charge in [0.25, 0.3) is 0 Å². The molecule has 0 spiro atoms. The van der Waals surface area contributed by atoms with Crippen LogP contribution in [0.3, 0.4) is 0 Å². The van der Waals surface area contributed by atoms with Crippen LogP contribution in [0, 0.1) is 0 Å². The van der Waals surface area contributed by atoms with Crippen LogP contribution in [0.25, 0.3) is 0 Å². The lowest BCUT2D eigenvalue weighted by Crippen LogP contribution is -2.11. The first kappa shape index (κ1) is 13.4. The van der Waals surface area contributed by atoms with Crippen molar-refractivity contribution in [3.8, 4) is 11.5 Å². The molecular formula is C15H12N2O3S. The molecule has 5 nitrogen and oxygen atoms in total. The first-order valence-corrected chi connectivity index (χ1v) is 7.16. The average molecular weight is 300 g/mol. The number of carboxylic acid groups (broad SMARTS) is 1. The van der Waals surface area contributed by atoms with Crippen LogP contribution in [0.15, 0.2) is 54.0 Å². The van der Waals surface area contributed by atoms with E-state index < -0.39 is 5.97 Å². The molecule has 0 fully saturated rings. The Bertz CT molecular complexity index is 736. The lowest BCUT2D eigenvalue weighted by Gasteiger charge is -2.06. The summed E-state index contributed by atoms with van der Waals surface area (Å²) >= 11 is 1.56. The van der Waals surface area contributed by atoms with E-state index in [4.69, 9.17) is 4.74 Å². The standard InChI is InChI=1S/C15H12N2O3S/c18-15(19)14-13(20-11-5-2-1-3-6-11)9-16-17(14)10-12-7-4-8-21-12/h1-9H,10H2,(H,18,19). The Morgan fingerprint density at radius 2 is 2.05 bits per heavy atom. The van der Waals surface area contributed by atoms with Crippen LogP contribution in [-0.4, -0.2) is 20.9 Å².